The standard InChI is InChI=1S/C12H27N3O2S/c1-4-12(2,15-8-5-6-9-15)11(14-13)7-10-18(3,16)17/h11,14H,4-10,13H2,1-3H3. The number of nitrogens with zero attached hydrogens (tertiary/aromatic N) is 1. The smallest absolute Gasteiger partial charge is 0.147 e. The molecule has 0 aromatic carbocycles. The Kier molecular flexibility index (Phi) is 5.58. The van der Waals surface area contributed by atoms with Crippen molar-refractivity contribution >= 4 is 9.84 Å². The molecule has 1 aliphatic rings. The Hall–Kier alpha value is -0.170. The van der Waals surface area contributed by atoms with Crippen LogP contribution in [0.3, 0.4) is 0 Å². The SMILES string of the molecule is CCC(C)(C(CCS(C)(=O)=O)NN)N1CCCC1. The van der Waals surface area contributed by atoms with Crippen LogP contribution < -0.4 is 11.3 Å². The predicted molar refractivity (Wildman–Crippen MR) is 74.9 cm³/mol. The molecule has 2 atom stereocenters. The number of sulfone groups is 1. The molecular formula is C12H27N3O2S. The lowest BCUT2D eigenvalue weighted by Gasteiger charge is -2.44. The summed E-state index contributed by atoms with van der Waals surface area (Å²) in [4.78, 5) is 2.44. The van der Waals surface area contributed by atoms with Crippen molar-refractivity contribution in [2.24, 2.45) is 5.84 Å². The Balaban J connectivity index is 2.75. The monoisotopic (exact) mass is 277 g/mol. The maximum absolute atomic E-state index is 11.3. The molecule has 0 radical (unpaired) electrons. The number of hydrogen-bond acceptors (Lipinski definition) is 5. The molecular weight excluding hydrogens is 250 g/mol. The van der Waals surface area contributed by atoms with Crippen molar-refractivity contribution in [1.82, 2.24) is 10.3 Å². The zero-order chi connectivity index (χ0) is 13.8. The maximum atomic E-state index is 11.3. The van der Waals surface area contributed by atoms with Gasteiger partial charge in [0.05, 0.1) is 5.75 Å². The van der Waals surface area contributed by atoms with E-state index in [1.165, 1.54) is 19.1 Å². The van der Waals surface area contributed by atoms with Crippen LogP contribution in [0.1, 0.15) is 39.5 Å². The highest BCUT2D eigenvalue weighted by molar-refractivity contribution is 7.90. The fourth-order valence-electron chi connectivity index (χ4n) is 2.82. The van der Waals surface area contributed by atoms with Crippen molar-refractivity contribution in [2.45, 2.75) is 51.1 Å². The van der Waals surface area contributed by atoms with Crippen molar-refractivity contribution < 1.29 is 8.42 Å². The maximum Gasteiger partial charge on any atom is 0.147 e. The molecule has 0 saturated carbocycles. The highest BCUT2D eigenvalue weighted by Gasteiger charge is 2.39. The van der Waals surface area contributed by atoms with Gasteiger partial charge in [0.25, 0.3) is 0 Å². The first kappa shape index (κ1) is 15.9. The Morgan fingerprint density at radius 2 is 1.94 bits per heavy atom. The molecule has 0 aromatic heterocycles. The molecule has 0 amide bonds. The lowest BCUT2D eigenvalue weighted by molar-refractivity contribution is 0.0827. The predicted octanol–water partition coefficient (Wildman–Crippen LogP) is 0.518. The second-order valence-electron chi connectivity index (χ2n) is 5.54. The highest BCUT2D eigenvalue weighted by atomic mass is 32.2. The first-order valence-electron chi connectivity index (χ1n) is 6.72. The van der Waals surface area contributed by atoms with Crippen LogP contribution in [0.15, 0.2) is 0 Å². The molecule has 2 unspecified atom stereocenters. The normalized spacial score (nSPS) is 22.9. The summed E-state index contributed by atoms with van der Waals surface area (Å²) in [6.07, 6.45) is 5.25. The molecule has 5 nitrogen and oxygen atoms in total. The molecule has 6 heteroatoms. The largest absolute Gasteiger partial charge is 0.296 e. The van der Waals surface area contributed by atoms with Gasteiger partial charge in [0.15, 0.2) is 0 Å². The van der Waals surface area contributed by atoms with Crippen molar-refractivity contribution in [3.05, 3.63) is 0 Å². The quantitative estimate of drug-likeness (QED) is 0.524. The van der Waals surface area contributed by atoms with Crippen LogP contribution in [0.2, 0.25) is 0 Å². The fraction of sp³-hybridized carbons (Fsp3) is 1.00. The van der Waals surface area contributed by atoms with Crippen molar-refractivity contribution in [3.63, 3.8) is 0 Å². The zero-order valence-corrected chi connectivity index (χ0v) is 12.6. The number of nitrogens with one attached hydrogen (secondary N) is 1. The highest BCUT2D eigenvalue weighted by Crippen LogP contribution is 2.29. The van der Waals surface area contributed by atoms with E-state index in [1.54, 1.807) is 0 Å². The van der Waals surface area contributed by atoms with E-state index in [2.05, 4.69) is 24.2 Å². The Bertz CT molecular complexity index is 352. The van der Waals surface area contributed by atoms with Gasteiger partial charge in [-0.2, -0.15) is 0 Å². The first-order chi connectivity index (χ1) is 8.33. The van der Waals surface area contributed by atoms with Gasteiger partial charge >= 0.3 is 0 Å². The number of likely N-dealkylation sites (tertiary alicyclic amines) is 1. The molecule has 1 heterocycles. The lowest BCUT2D eigenvalue weighted by Crippen LogP contribution is -2.60. The van der Waals surface area contributed by atoms with Gasteiger partial charge in [-0.1, -0.05) is 6.92 Å². The molecule has 1 fully saturated rings. The van der Waals surface area contributed by atoms with E-state index in [0.717, 1.165) is 19.5 Å². The summed E-state index contributed by atoms with van der Waals surface area (Å²) in [5.41, 5.74) is 2.78. The fourth-order valence-corrected chi connectivity index (χ4v) is 3.49. The molecule has 108 valence electrons. The summed E-state index contributed by atoms with van der Waals surface area (Å²) >= 11 is 0. The van der Waals surface area contributed by atoms with Gasteiger partial charge < -0.3 is 0 Å². The van der Waals surface area contributed by atoms with E-state index in [0.29, 0.717) is 6.42 Å². The van der Waals surface area contributed by atoms with Gasteiger partial charge in [-0.05, 0) is 45.7 Å². The number of rotatable bonds is 7. The molecule has 0 aromatic rings. The number of hydrazine groups is 1. The average molecular weight is 277 g/mol. The van der Waals surface area contributed by atoms with Crippen LogP contribution in [0.25, 0.3) is 0 Å². The van der Waals surface area contributed by atoms with E-state index in [4.69, 9.17) is 5.84 Å². The summed E-state index contributed by atoms with van der Waals surface area (Å²) in [6, 6.07) is 0.00956. The van der Waals surface area contributed by atoms with E-state index < -0.39 is 9.84 Å². The van der Waals surface area contributed by atoms with Crippen LogP contribution in [0, 0.1) is 0 Å². The van der Waals surface area contributed by atoms with Gasteiger partial charge in [0.1, 0.15) is 9.84 Å². The van der Waals surface area contributed by atoms with Gasteiger partial charge in [0.2, 0.25) is 0 Å². The lowest BCUT2D eigenvalue weighted by atomic mass is 9.86. The van der Waals surface area contributed by atoms with Crippen LogP contribution in [0.4, 0.5) is 0 Å². The third-order valence-corrected chi connectivity index (χ3v) is 5.25. The van der Waals surface area contributed by atoms with E-state index in [-0.39, 0.29) is 17.3 Å². The minimum absolute atomic E-state index is 0.00956. The number of nitrogens with two attached hydrogens (primary N) is 1. The molecule has 3 N–H and O–H groups in total. The van der Waals surface area contributed by atoms with Crippen molar-refractivity contribution in [3.8, 4) is 0 Å². The van der Waals surface area contributed by atoms with Gasteiger partial charge in [-0.3, -0.25) is 16.2 Å². The summed E-state index contributed by atoms with van der Waals surface area (Å²) in [5, 5.41) is 0. The Morgan fingerprint density at radius 1 is 1.39 bits per heavy atom. The van der Waals surface area contributed by atoms with Gasteiger partial charge in [-0.15, -0.1) is 0 Å². The minimum Gasteiger partial charge on any atom is -0.296 e. The third kappa shape index (κ3) is 3.91. The van der Waals surface area contributed by atoms with E-state index in [9.17, 15) is 8.42 Å². The second kappa shape index (κ2) is 6.32. The van der Waals surface area contributed by atoms with Crippen LogP contribution in [-0.4, -0.2) is 50.0 Å². The topological polar surface area (TPSA) is 75.4 Å². The van der Waals surface area contributed by atoms with Crippen LogP contribution in [0.5, 0.6) is 0 Å². The average Bonchev–Trinajstić information content (AvgIpc) is 2.81. The molecule has 0 aliphatic carbocycles. The third-order valence-electron chi connectivity index (χ3n) is 4.27. The molecule has 1 rings (SSSR count). The second-order valence-corrected chi connectivity index (χ2v) is 7.80. The van der Waals surface area contributed by atoms with Crippen molar-refractivity contribution in [1.29, 1.82) is 0 Å². The zero-order valence-electron chi connectivity index (χ0n) is 11.8. The van der Waals surface area contributed by atoms with Gasteiger partial charge in [0, 0.05) is 17.8 Å². The molecule has 0 bridgehead atoms. The summed E-state index contributed by atoms with van der Waals surface area (Å²) in [5.74, 6) is 5.85. The summed E-state index contributed by atoms with van der Waals surface area (Å²) in [7, 11) is -2.94. The van der Waals surface area contributed by atoms with E-state index in [1.807, 2.05) is 0 Å². The van der Waals surface area contributed by atoms with Gasteiger partial charge in [-0.25, -0.2) is 8.42 Å². The number of hydrogen-bond donors (Lipinski definition) is 2. The summed E-state index contributed by atoms with van der Waals surface area (Å²) in [6.45, 7) is 6.50. The Morgan fingerprint density at radius 3 is 2.33 bits per heavy atom. The molecule has 18 heavy (non-hydrogen) atoms. The molecule has 1 saturated heterocycles. The first-order valence-corrected chi connectivity index (χ1v) is 8.78. The van der Waals surface area contributed by atoms with Crippen LogP contribution >= 0.6 is 0 Å². The van der Waals surface area contributed by atoms with Crippen molar-refractivity contribution in [2.75, 3.05) is 25.1 Å². The van der Waals surface area contributed by atoms with E-state index >= 15 is 0 Å². The Labute approximate surface area is 111 Å². The van der Waals surface area contributed by atoms with Crippen LogP contribution in [-0.2, 0) is 9.84 Å². The molecule has 1 aliphatic heterocycles. The summed E-state index contributed by atoms with van der Waals surface area (Å²) < 4.78 is 22.6. The minimum atomic E-state index is -2.94. The molecule has 0 spiro atoms.